The molecule has 1 aliphatic rings. The summed E-state index contributed by atoms with van der Waals surface area (Å²) in [6.45, 7) is -0.451. The van der Waals surface area contributed by atoms with Crippen LogP contribution < -0.4 is 5.32 Å². The molecule has 3 aromatic rings. The van der Waals surface area contributed by atoms with Gasteiger partial charge in [-0.25, -0.2) is 9.02 Å². The summed E-state index contributed by atoms with van der Waals surface area (Å²) in [4.78, 5) is 37.9. The predicted molar refractivity (Wildman–Crippen MR) is 99.5 cm³/mol. The Morgan fingerprint density at radius 3 is 2.75 bits per heavy atom. The second-order valence-corrected chi connectivity index (χ2v) is 6.80. The number of rotatable bonds is 4. The molecule has 1 aliphatic heterocycles. The first-order valence-corrected chi connectivity index (χ1v) is 8.85. The van der Waals surface area contributed by atoms with Crippen molar-refractivity contribution in [2.45, 2.75) is 0 Å². The van der Waals surface area contributed by atoms with E-state index in [1.165, 1.54) is 30.3 Å². The number of halogens is 1. The first kappa shape index (κ1) is 17.9. The van der Waals surface area contributed by atoms with Crippen molar-refractivity contribution in [3.8, 4) is 0 Å². The highest BCUT2D eigenvalue weighted by Crippen LogP contribution is 2.32. The normalized spacial score (nSPS) is 15.6. The maximum atomic E-state index is 13.0. The van der Waals surface area contributed by atoms with Crippen LogP contribution in [0.5, 0.6) is 0 Å². The molecular weight excluding hydrogens is 387 g/mol. The number of benzene rings is 2. The zero-order valence-electron chi connectivity index (χ0n) is 14.1. The van der Waals surface area contributed by atoms with Crippen molar-refractivity contribution < 1.29 is 23.4 Å². The van der Waals surface area contributed by atoms with Gasteiger partial charge in [0.05, 0.1) is 10.6 Å². The molecule has 0 spiro atoms. The van der Waals surface area contributed by atoms with Gasteiger partial charge in [0, 0.05) is 0 Å². The van der Waals surface area contributed by atoms with Crippen molar-refractivity contribution in [2.75, 3.05) is 11.9 Å². The standard InChI is InChI=1S/C18H11FN4O4S/c19-11-6-4-10(5-7-11)8-14-17(25)23(18(26)28-14)9-15(24)20-12-2-1-3-13-16(12)22-27-21-13/h1-8H,9H2,(H,20,24). The van der Waals surface area contributed by atoms with E-state index in [4.69, 9.17) is 0 Å². The molecule has 2 heterocycles. The number of amides is 3. The number of aromatic nitrogens is 2. The van der Waals surface area contributed by atoms with Gasteiger partial charge >= 0.3 is 0 Å². The number of hydrogen-bond donors (Lipinski definition) is 1. The lowest BCUT2D eigenvalue weighted by atomic mass is 10.2. The number of fused-ring (bicyclic) bond motifs is 1. The summed E-state index contributed by atoms with van der Waals surface area (Å²) in [5, 5.41) is 9.42. The van der Waals surface area contributed by atoms with E-state index < -0.39 is 29.4 Å². The lowest BCUT2D eigenvalue weighted by Gasteiger charge is -2.12. The lowest BCUT2D eigenvalue weighted by Crippen LogP contribution is -2.36. The van der Waals surface area contributed by atoms with Crippen LogP contribution in [0.1, 0.15) is 5.56 Å². The van der Waals surface area contributed by atoms with Gasteiger partial charge in [0.1, 0.15) is 17.9 Å². The summed E-state index contributed by atoms with van der Waals surface area (Å²) in [6.07, 6.45) is 1.48. The van der Waals surface area contributed by atoms with Gasteiger partial charge in [-0.3, -0.25) is 19.3 Å². The molecule has 0 bridgehead atoms. The Hall–Kier alpha value is -3.53. The van der Waals surface area contributed by atoms with Gasteiger partial charge in [-0.15, -0.1) is 0 Å². The van der Waals surface area contributed by atoms with Crippen molar-refractivity contribution in [1.29, 1.82) is 0 Å². The number of carbonyl (C=O) groups excluding carboxylic acids is 3. The summed E-state index contributed by atoms with van der Waals surface area (Å²) in [6, 6.07) is 10.4. The van der Waals surface area contributed by atoms with Gasteiger partial charge in [-0.05, 0) is 58.0 Å². The molecular formula is C18H11FN4O4S. The van der Waals surface area contributed by atoms with E-state index >= 15 is 0 Å². The highest BCUT2D eigenvalue weighted by atomic mass is 32.2. The number of nitrogens with one attached hydrogen (secondary N) is 1. The van der Waals surface area contributed by atoms with E-state index in [0.717, 1.165) is 16.7 Å². The van der Waals surface area contributed by atoms with Gasteiger partial charge in [0.25, 0.3) is 11.1 Å². The monoisotopic (exact) mass is 398 g/mol. The van der Waals surface area contributed by atoms with E-state index in [1.54, 1.807) is 18.2 Å². The highest BCUT2D eigenvalue weighted by molar-refractivity contribution is 8.18. The molecule has 1 saturated heterocycles. The third-order valence-corrected chi connectivity index (χ3v) is 4.81. The zero-order valence-corrected chi connectivity index (χ0v) is 14.9. The fourth-order valence-corrected chi connectivity index (χ4v) is 3.43. The topological polar surface area (TPSA) is 105 Å². The second kappa shape index (κ2) is 7.24. The quantitative estimate of drug-likeness (QED) is 0.674. The number of anilines is 1. The van der Waals surface area contributed by atoms with E-state index in [-0.39, 0.29) is 4.91 Å². The Balaban J connectivity index is 1.48. The van der Waals surface area contributed by atoms with Gasteiger partial charge in [-0.2, -0.15) is 0 Å². The van der Waals surface area contributed by atoms with Crippen LogP contribution in [0.15, 0.2) is 52.0 Å². The van der Waals surface area contributed by atoms with Gasteiger partial charge in [0.15, 0.2) is 5.52 Å². The fraction of sp³-hybridized carbons (Fsp3) is 0.0556. The largest absolute Gasteiger partial charge is 0.322 e. The van der Waals surface area contributed by atoms with Gasteiger partial charge < -0.3 is 5.32 Å². The Morgan fingerprint density at radius 1 is 1.18 bits per heavy atom. The number of thioether (sulfide) groups is 1. The molecule has 28 heavy (non-hydrogen) atoms. The minimum atomic E-state index is -0.587. The molecule has 0 saturated carbocycles. The Morgan fingerprint density at radius 2 is 1.96 bits per heavy atom. The minimum Gasteiger partial charge on any atom is -0.322 e. The lowest BCUT2D eigenvalue weighted by molar-refractivity contribution is -0.127. The fourth-order valence-electron chi connectivity index (χ4n) is 2.59. The summed E-state index contributed by atoms with van der Waals surface area (Å²) in [5.74, 6) is -1.56. The molecule has 0 radical (unpaired) electrons. The van der Waals surface area contributed by atoms with Gasteiger partial charge in [-0.1, -0.05) is 18.2 Å². The molecule has 4 rings (SSSR count). The number of imide groups is 1. The summed E-state index contributed by atoms with van der Waals surface area (Å²) in [7, 11) is 0. The van der Waals surface area contributed by atoms with Crippen LogP contribution in [-0.4, -0.2) is 38.8 Å². The van der Waals surface area contributed by atoms with Crippen molar-refractivity contribution in [2.24, 2.45) is 0 Å². The Labute approximate surface area is 161 Å². The van der Waals surface area contributed by atoms with Crippen molar-refractivity contribution in [3.63, 3.8) is 0 Å². The van der Waals surface area contributed by atoms with E-state index in [0.29, 0.717) is 22.3 Å². The maximum Gasteiger partial charge on any atom is 0.294 e. The molecule has 2 aromatic carbocycles. The molecule has 1 N–H and O–H groups in total. The minimum absolute atomic E-state index is 0.159. The van der Waals surface area contributed by atoms with E-state index in [2.05, 4.69) is 20.3 Å². The first-order chi connectivity index (χ1) is 13.5. The first-order valence-electron chi connectivity index (χ1n) is 8.03. The Kier molecular flexibility index (Phi) is 4.62. The summed E-state index contributed by atoms with van der Waals surface area (Å²) >= 11 is 0.720. The molecule has 8 nitrogen and oxygen atoms in total. The van der Waals surface area contributed by atoms with Crippen LogP contribution in [0.4, 0.5) is 14.9 Å². The SMILES string of the molecule is O=C(CN1C(=O)SC(=Cc2ccc(F)cc2)C1=O)Nc1cccc2nonc12. The van der Waals surface area contributed by atoms with Crippen LogP contribution in [0.2, 0.25) is 0 Å². The molecule has 0 aliphatic carbocycles. The molecule has 140 valence electrons. The molecule has 3 amide bonds. The Bertz CT molecular complexity index is 1130. The summed E-state index contributed by atoms with van der Waals surface area (Å²) < 4.78 is 17.6. The highest BCUT2D eigenvalue weighted by Gasteiger charge is 2.36. The molecule has 1 fully saturated rings. The number of hydrogen-bond acceptors (Lipinski definition) is 7. The van der Waals surface area contributed by atoms with Gasteiger partial charge in [0.2, 0.25) is 5.91 Å². The molecule has 1 aromatic heterocycles. The molecule has 0 atom stereocenters. The van der Waals surface area contributed by atoms with Crippen molar-refractivity contribution >= 4 is 51.6 Å². The van der Waals surface area contributed by atoms with Crippen molar-refractivity contribution in [1.82, 2.24) is 15.2 Å². The average molecular weight is 398 g/mol. The maximum absolute atomic E-state index is 13.0. The zero-order chi connectivity index (χ0) is 19.7. The number of carbonyl (C=O) groups is 3. The third kappa shape index (κ3) is 3.49. The van der Waals surface area contributed by atoms with Crippen LogP contribution in [-0.2, 0) is 9.59 Å². The van der Waals surface area contributed by atoms with Crippen LogP contribution in [0.25, 0.3) is 17.1 Å². The van der Waals surface area contributed by atoms with Crippen molar-refractivity contribution in [3.05, 3.63) is 58.8 Å². The van der Waals surface area contributed by atoms with Crippen LogP contribution in [0, 0.1) is 5.82 Å². The second-order valence-electron chi connectivity index (χ2n) is 5.81. The molecule has 10 heteroatoms. The van der Waals surface area contributed by atoms with E-state index in [1.807, 2.05) is 0 Å². The number of nitrogens with zero attached hydrogens (tertiary/aromatic N) is 3. The smallest absolute Gasteiger partial charge is 0.294 e. The average Bonchev–Trinajstić information content (AvgIpc) is 3.25. The molecule has 0 unspecified atom stereocenters. The third-order valence-electron chi connectivity index (χ3n) is 3.90. The summed E-state index contributed by atoms with van der Waals surface area (Å²) in [5.41, 5.74) is 1.76. The van der Waals surface area contributed by atoms with E-state index in [9.17, 15) is 18.8 Å². The van der Waals surface area contributed by atoms with Crippen LogP contribution in [0.3, 0.4) is 0 Å². The predicted octanol–water partition coefficient (Wildman–Crippen LogP) is 3.04. The van der Waals surface area contributed by atoms with Crippen LogP contribution >= 0.6 is 11.8 Å².